The highest BCUT2D eigenvalue weighted by molar-refractivity contribution is 5.18. The minimum absolute atomic E-state index is 0.0642. The molecule has 0 spiro atoms. The van der Waals surface area contributed by atoms with Gasteiger partial charge in [-0.05, 0) is 44.4 Å². The lowest BCUT2D eigenvalue weighted by molar-refractivity contribution is 0.161. The van der Waals surface area contributed by atoms with Crippen molar-refractivity contribution in [2.75, 3.05) is 6.61 Å². The molecule has 3 heteroatoms. The van der Waals surface area contributed by atoms with Crippen LogP contribution in [-0.2, 0) is 6.42 Å². The SMILES string of the molecule is CCC(C)NC(C)(CO)Cc1ccc(F)cc1. The van der Waals surface area contributed by atoms with Gasteiger partial charge in [0, 0.05) is 11.6 Å². The molecular weight excluding hydrogens is 217 g/mol. The summed E-state index contributed by atoms with van der Waals surface area (Å²) in [6, 6.07) is 6.79. The normalized spacial score (nSPS) is 16.5. The van der Waals surface area contributed by atoms with Crippen LogP contribution in [0.25, 0.3) is 0 Å². The van der Waals surface area contributed by atoms with Gasteiger partial charge in [0.25, 0.3) is 0 Å². The van der Waals surface area contributed by atoms with Crippen molar-refractivity contribution in [3.05, 3.63) is 35.6 Å². The Kier molecular flexibility index (Phi) is 5.09. The molecule has 0 aliphatic rings. The molecule has 0 radical (unpaired) electrons. The maximum absolute atomic E-state index is 12.8. The van der Waals surface area contributed by atoms with Crippen LogP contribution in [0.2, 0.25) is 0 Å². The third-order valence-electron chi connectivity index (χ3n) is 3.06. The summed E-state index contributed by atoms with van der Waals surface area (Å²) in [5, 5.41) is 12.9. The topological polar surface area (TPSA) is 32.3 Å². The first-order chi connectivity index (χ1) is 7.99. The molecule has 1 aromatic carbocycles. The van der Waals surface area contributed by atoms with E-state index in [2.05, 4.69) is 19.2 Å². The summed E-state index contributed by atoms with van der Waals surface area (Å²) < 4.78 is 12.8. The number of rotatable bonds is 6. The summed E-state index contributed by atoms with van der Waals surface area (Å²) in [6.07, 6.45) is 1.70. The van der Waals surface area contributed by atoms with E-state index < -0.39 is 0 Å². The summed E-state index contributed by atoms with van der Waals surface area (Å²) in [5.74, 6) is -0.227. The van der Waals surface area contributed by atoms with Crippen molar-refractivity contribution in [3.63, 3.8) is 0 Å². The molecule has 2 atom stereocenters. The Hall–Kier alpha value is -0.930. The van der Waals surface area contributed by atoms with E-state index in [1.54, 1.807) is 12.1 Å². The number of aliphatic hydroxyl groups excluding tert-OH is 1. The number of benzene rings is 1. The molecule has 2 unspecified atom stereocenters. The molecule has 2 nitrogen and oxygen atoms in total. The first-order valence-electron chi connectivity index (χ1n) is 6.12. The van der Waals surface area contributed by atoms with Crippen LogP contribution in [0, 0.1) is 5.82 Å². The quantitative estimate of drug-likeness (QED) is 0.799. The average molecular weight is 239 g/mol. The van der Waals surface area contributed by atoms with E-state index in [1.807, 2.05) is 6.92 Å². The van der Waals surface area contributed by atoms with Gasteiger partial charge in [0.15, 0.2) is 0 Å². The van der Waals surface area contributed by atoms with E-state index in [4.69, 9.17) is 0 Å². The lowest BCUT2D eigenvalue weighted by atomic mass is 9.92. The predicted molar refractivity (Wildman–Crippen MR) is 68.5 cm³/mol. The number of halogens is 1. The van der Waals surface area contributed by atoms with Crippen LogP contribution in [0.1, 0.15) is 32.8 Å². The van der Waals surface area contributed by atoms with Crippen LogP contribution >= 0.6 is 0 Å². The lowest BCUT2D eigenvalue weighted by Crippen LogP contribution is -2.51. The Balaban J connectivity index is 2.70. The van der Waals surface area contributed by atoms with Crippen LogP contribution in [0.4, 0.5) is 4.39 Å². The third-order valence-corrected chi connectivity index (χ3v) is 3.06. The van der Waals surface area contributed by atoms with Gasteiger partial charge in [-0.2, -0.15) is 0 Å². The second-order valence-corrected chi connectivity index (χ2v) is 4.98. The fraction of sp³-hybridized carbons (Fsp3) is 0.571. The summed E-state index contributed by atoms with van der Waals surface area (Å²) in [6.45, 7) is 6.25. The highest BCUT2D eigenvalue weighted by atomic mass is 19.1. The second-order valence-electron chi connectivity index (χ2n) is 4.98. The molecule has 1 aromatic rings. The van der Waals surface area contributed by atoms with E-state index in [0.29, 0.717) is 12.5 Å². The van der Waals surface area contributed by atoms with Gasteiger partial charge < -0.3 is 10.4 Å². The molecule has 0 saturated carbocycles. The molecule has 17 heavy (non-hydrogen) atoms. The molecular formula is C14H22FNO. The van der Waals surface area contributed by atoms with Gasteiger partial charge in [-0.1, -0.05) is 19.1 Å². The van der Waals surface area contributed by atoms with Crippen LogP contribution in [0.15, 0.2) is 24.3 Å². The summed E-state index contributed by atoms with van der Waals surface area (Å²) in [7, 11) is 0. The monoisotopic (exact) mass is 239 g/mol. The molecule has 1 rings (SSSR count). The zero-order valence-electron chi connectivity index (χ0n) is 10.8. The van der Waals surface area contributed by atoms with E-state index in [-0.39, 0.29) is 18.0 Å². The smallest absolute Gasteiger partial charge is 0.123 e. The number of hydrogen-bond acceptors (Lipinski definition) is 2. The number of aliphatic hydroxyl groups is 1. The van der Waals surface area contributed by atoms with Gasteiger partial charge in [0.05, 0.1) is 6.61 Å². The Bertz CT molecular complexity index is 339. The van der Waals surface area contributed by atoms with Crippen LogP contribution < -0.4 is 5.32 Å². The van der Waals surface area contributed by atoms with Crippen molar-refractivity contribution in [3.8, 4) is 0 Å². The fourth-order valence-electron chi connectivity index (χ4n) is 1.90. The summed E-state index contributed by atoms with van der Waals surface area (Å²) >= 11 is 0. The Morgan fingerprint density at radius 3 is 2.41 bits per heavy atom. The van der Waals surface area contributed by atoms with Gasteiger partial charge in [-0.15, -0.1) is 0 Å². The van der Waals surface area contributed by atoms with Gasteiger partial charge in [-0.3, -0.25) is 0 Å². The van der Waals surface area contributed by atoms with Crippen molar-refractivity contribution in [2.24, 2.45) is 0 Å². The van der Waals surface area contributed by atoms with E-state index in [1.165, 1.54) is 12.1 Å². The molecule has 0 heterocycles. The summed E-state index contributed by atoms with van der Waals surface area (Å²) in [5.41, 5.74) is 0.673. The first-order valence-corrected chi connectivity index (χ1v) is 6.12. The van der Waals surface area contributed by atoms with Crippen molar-refractivity contribution >= 4 is 0 Å². The first kappa shape index (κ1) is 14.1. The third kappa shape index (κ3) is 4.44. The van der Waals surface area contributed by atoms with Crippen molar-refractivity contribution < 1.29 is 9.50 Å². The second kappa shape index (κ2) is 6.12. The highest BCUT2D eigenvalue weighted by Gasteiger charge is 2.24. The van der Waals surface area contributed by atoms with Crippen LogP contribution in [-0.4, -0.2) is 23.3 Å². The summed E-state index contributed by atoms with van der Waals surface area (Å²) in [4.78, 5) is 0. The lowest BCUT2D eigenvalue weighted by Gasteiger charge is -2.32. The minimum atomic E-state index is -0.354. The van der Waals surface area contributed by atoms with Crippen LogP contribution in [0.5, 0.6) is 0 Å². The van der Waals surface area contributed by atoms with Gasteiger partial charge in [0.2, 0.25) is 0 Å². The Morgan fingerprint density at radius 1 is 1.35 bits per heavy atom. The highest BCUT2D eigenvalue weighted by Crippen LogP contribution is 2.15. The zero-order valence-corrected chi connectivity index (χ0v) is 10.8. The number of hydrogen-bond donors (Lipinski definition) is 2. The van der Waals surface area contributed by atoms with E-state index >= 15 is 0 Å². The molecule has 0 bridgehead atoms. The molecule has 0 aromatic heterocycles. The van der Waals surface area contributed by atoms with E-state index in [9.17, 15) is 9.50 Å². The zero-order chi connectivity index (χ0) is 12.9. The molecule has 0 saturated heterocycles. The number of nitrogens with one attached hydrogen (secondary N) is 1. The van der Waals surface area contributed by atoms with Crippen molar-refractivity contribution in [1.82, 2.24) is 5.32 Å². The molecule has 2 N–H and O–H groups in total. The fourth-order valence-corrected chi connectivity index (χ4v) is 1.90. The predicted octanol–water partition coefficient (Wildman–Crippen LogP) is 2.51. The van der Waals surface area contributed by atoms with E-state index in [0.717, 1.165) is 12.0 Å². The molecule has 0 aliphatic carbocycles. The van der Waals surface area contributed by atoms with Gasteiger partial charge in [-0.25, -0.2) is 4.39 Å². The Morgan fingerprint density at radius 2 is 1.94 bits per heavy atom. The van der Waals surface area contributed by atoms with Gasteiger partial charge in [0.1, 0.15) is 5.82 Å². The maximum Gasteiger partial charge on any atom is 0.123 e. The minimum Gasteiger partial charge on any atom is -0.394 e. The van der Waals surface area contributed by atoms with Crippen molar-refractivity contribution in [2.45, 2.75) is 45.2 Å². The maximum atomic E-state index is 12.8. The molecule has 96 valence electrons. The average Bonchev–Trinajstić information content (AvgIpc) is 2.32. The standard InChI is InChI=1S/C14H22FNO/c1-4-11(2)16-14(3,10-17)9-12-5-7-13(15)8-6-12/h5-8,11,16-17H,4,9-10H2,1-3H3. The molecule has 0 amide bonds. The largest absolute Gasteiger partial charge is 0.394 e. The van der Waals surface area contributed by atoms with Crippen LogP contribution in [0.3, 0.4) is 0 Å². The van der Waals surface area contributed by atoms with Crippen molar-refractivity contribution in [1.29, 1.82) is 0 Å². The van der Waals surface area contributed by atoms with Gasteiger partial charge >= 0.3 is 0 Å². The molecule has 0 fully saturated rings. The Labute approximate surface area is 103 Å². The molecule has 0 aliphatic heterocycles.